The van der Waals surface area contributed by atoms with Gasteiger partial charge in [0.2, 0.25) is 0 Å². The number of benzene rings is 2. The second-order valence-electron chi connectivity index (χ2n) is 6.02. The zero-order valence-electron chi connectivity index (χ0n) is 15.5. The Bertz CT molecular complexity index is 958. The molecule has 0 aliphatic heterocycles. The van der Waals surface area contributed by atoms with Crippen molar-refractivity contribution in [3.05, 3.63) is 58.1 Å². The fraction of sp³-hybridized carbons (Fsp3) is 0.278. The number of sulfonamides is 1. The first kappa shape index (κ1) is 21.2. The van der Waals surface area contributed by atoms with Gasteiger partial charge in [-0.3, -0.25) is 10.1 Å². The molecular formula is C18H21N3O6S. The molecular weight excluding hydrogens is 386 g/mol. The molecule has 0 heterocycles. The van der Waals surface area contributed by atoms with Crippen LogP contribution in [0.25, 0.3) is 0 Å². The van der Waals surface area contributed by atoms with Gasteiger partial charge in [-0.2, -0.15) is 0 Å². The first-order chi connectivity index (χ1) is 13.2. The van der Waals surface area contributed by atoms with E-state index in [1.165, 1.54) is 6.07 Å². The number of hydrogen-bond acceptors (Lipinski definition) is 6. The van der Waals surface area contributed by atoms with Crippen LogP contribution in [0.2, 0.25) is 0 Å². The van der Waals surface area contributed by atoms with Crippen LogP contribution in [0.3, 0.4) is 0 Å². The largest absolute Gasteiger partial charge is 0.456 e. The third-order valence-corrected chi connectivity index (χ3v) is 5.07. The van der Waals surface area contributed by atoms with Crippen molar-refractivity contribution in [2.75, 3.05) is 6.54 Å². The summed E-state index contributed by atoms with van der Waals surface area (Å²) in [5, 5.41) is 13.5. The Labute approximate surface area is 162 Å². The smallest absolute Gasteiger partial charge is 0.328 e. The van der Waals surface area contributed by atoms with Crippen molar-refractivity contribution in [1.82, 2.24) is 10.0 Å². The number of aryl methyl sites for hydroxylation is 1. The van der Waals surface area contributed by atoms with Crippen LogP contribution in [0.4, 0.5) is 10.5 Å². The molecule has 0 atom stereocenters. The topological polar surface area (TPSA) is 128 Å². The minimum atomic E-state index is -4.40. The van der Waals surface area contributed by atoms with E-state index >= 15 is 0 Å². The van der Waals surface area contributed by atoms with Crippen LogP contribution < -0.4 is 14.8 Å². The maximum Gasteiger partial charge on any atom is 0.328 e. The highest BCUT2D eigenvalue weighted by Crippen LogP contribution is 2.32. The summed E-state index contributed by atoms with van der Waals surface area (Å²) in [6, 6.07) is 9.07. The molecule has 2 rings (SSSR count). The summed E-state index contributed by atoms with van der Waals surface area (Å²) < 4.78 is 32.7. The zero-order valence-corrected chi connectivity index (χ0v) is 16.3. The van der Waals surface area contributed by atoms with Gasteiger partial charge in [-0.05, 0) is 31.5 Å². The highest BCUT2D eigenvalue weighted by atomic mass is 32.2. The average Bonchev–Trinajstić information content (AvgIpc) is 2.63. The summed E-state index contributed by atoms with van der Waals surface area (Å²) in [7, 11) is -4.40. The average molecular weight is 407 g/mol. The number of amides is 2. The Morgan fingerprint density at radius 2 is 1.86 bits per heavy atom. The second-order valence-corrected chi connectivity index (χ2v) is 7.67. The molecule has 2 aromatic carbocycles. The number of carbonyl (C=O) groups excluding carboxylic acids is 1. The van der Waals surface area contributed by atoms with Crippen LogP contribution in [0, 0.1) is 17.0 Å². The number of urea groups is 1. The Morgan fingerprint density at radius 3 is 2.46 bits per heavy atom. The number of unbranched alkanes of at least 4 members (excludes halogenated alkanes) is 1. The SMILES string of the molecule is CCCCNC(=O)NS(=O)(=O)c1cc([N+](=O)[O-])ccc1Oc1ccc(C)cc1. The van der Waals surface area contributed by atoms with Gasteiger partial charge in [0.15, 0.2) is 0 Å². The van der Waals surface area contributed by atoms with Crippen molar-refractivity contribution in [2.45, 2.75) is 31.6 Å². The van der Waals surface area contributed by atoms with E-state index in [4.69, 9.17) is 4.74 Å². The van der Waals surface area contributed by atoms with Crippen molar-refractivity contribution in [3.8, 4) is 11.5 Å². The standard InChI is InChI=1S/C18H21N3O6S/c1-3-4-11-19-18(22)20-28(25,26)17-12-14(21(23)24)7-10-16(17)27-15-8-5-13(2)6-9-15/h5-10,12H,3-4,11H2,1-2H3,(H2,19,20,22). The Hall–Kier alpha value is -3.14. The van der Waals surface area contributed by atoms with Crippen LogP contribution >= 0.6 is 0 Å². The molecule has 2 N–H and O–H groups in total. The maximum atomic E-state index is 12.6. The van der Waals surface area contributed by atoms with Gasteiger partial charge in [0.05, 0.1) is 4.92 Å². The van der Waals surface area contributed by atoms with Crippen LogP contribution in [0.5, 0.6) is 11.5 Å². The number of rotatable bonds is 8. The summed E-state index contributed by atoms with van der Waals surface area (Å²) in [5.74, 6) is 0.214. The normalized spacial score (nSPS) is 10.9. The third kappa shape index (κ3) is 5.68. The highest BCUT2D eigenvalue weighted by molar-refractivity contribution is 7.90. The minimum Gasteiger partial charge on any atom is -0.456 e. The lowest BCUT2D eigenvalue weighted by molar-refractivity contribution is -0.385. The van der Waals surface area contributed by atoms with Gasteiger partial charge in [0, 0.05) is 18.7 Å². The number of hydrogen-bond donors (Lipinski definition) is 2. The fourth-order valence-electron chi connectivity index (χ4n) is 2.23. The number of non-ortho nitro benzene ring substituents is 1. The van der Waals surface area contributed by atoms with Crippen molar-refractivity contribution < 1.29 is 22.9 Å². The molecule has 0 spiro atoms. The summed E-state index contributed by atoms with van der Waals surface area (Å²) in [6.45, 7) is 4.11. The number of nitrogens with zero attached hydrogens (tertiary/aromatic N) is 1. The molecule has 0 fully saturated rings. The van der Waals surface area contributed by atoms with Gasteiger partial charge < -0.3 is 10.1 Å². The number of nitro benzene ring substituents is 1. The van der Waals surface area contributed by atoms with E-state index in [0.717, 1.165) is 24.1 Å². The number of carbonyl (C=O) groups is 1. The first-order valence-electron chi connectivity index (χ1n) is 8.56. The van der Waals surface area contributed by atoms with Crippen molar-refractivity contribution >= 4 is 21.7 Å². The lowest BCUT2D eigenvalue weighted by Gasteiger charge is -2.13. The molecule has 10 heteroatoms. The van der Waals surface area contributed by atoms with Gasteiger partial charge in [0.25, 0.3) is 15.7 Å². The van der Waals surface area contributed by atoms with Crippen LogP contribution in [-0.4, -0.2) is 25.9 Å². The molecule has 2 amide bonds. The molecule has 0 unspecified atom stereocenters. The lowest BCUT2D eigenvalue weighted by Crippen LogP contribution is -2.39. The Kier molecular flexibility index (Phi) is 6.94. The van der Waals surface area contributed by atoms with Crippen LogP contribution in [0.15, 0.2) is 47.4 Å². The Balaban J connectivity index is 2.35. The summed E-state index contributed by atoms with van der Waals surface area (Å²) in [4.78, 5) is 21.7. The molecule has 0 aromatic heterocycles. The van der Waals surface area contributed by atoms with Crippen molar-refractivity contribution in [1.29, 1.82) is 0 Å². The van der Waals surface area contributed by atoms with Crippen molar-refractivity contribution in [3.63, 3.8) is 0 Å². The highest BCUT2D eigenvalue weighted by Gasteiger charge is 2.25. The van der Waals surface area contributed by atoms with Crippen LogP contribution in [-0.2, 0) is 10.0 Å². The van der Waals surface area contributed by atoms with E-state index in [-0.39, 0.29) is 5.75 Å². The number of nitro groups is 1. The number of ether oxygens (including phenoxy) is 1. The summed E-state index contributed by atoms with van der Waals surface area (Å²) in [6.07, 6.45) is 1.51. The van der Waals surface area contributed by atoms with Crippen LogP contribution in [0.1, 0.15) is 25.3 Å². The van der Waals surface area contributed by atoms with Gasteiger partial charge in [-0.15, -0.1) is 0 Å². The Morgan fingerprint density at radius 1 is 1.18 bits per heavy atom. The molecule has 0 aliphatic carbocycles. The quantitative estimate of drug-likeness (QED) is 0.392. The van der Waals surface area contributed by atoms with E-state index in [1.807, 2.05) is 18.6 Å². The van der Waals surface area contributed by atoms with E-state index in [2.05, 4.69) is 5.32 Å². The summed E-state index contributed by atoms with van der Waals surface area (Å²) in [5.41, 5.74) is 0.539. The lowest BCUT2D eigenvalue weighted by atomic mass is 10.2. The van der Waals surface area contributed by atoms with Gasteiger partial charge >= 0.3 is 6.03 Å². The van der Waals surface area contributed by atoms with Crippen molar-refractivity contribution in [2.24, 2.45) is 0 Å². The molecule has 28 heavy (non-hydrogen) atoms. The second kappa shape index (κ2) is 9.18. The van der Waals surface area contributed by atoms with E-state index in [9.17, 15) is 23.3 Å². The van der Waals surface area contributed by atoms with E-state index in [0.29, 0.717) is 18.7 Å². The minimum absolute atomic E-state index is 0.136. The van der Waals surface area contributed by atoms with Gasteiger partial charge in [-0.25, -0.2) is 17.9 Å². The molecule has 0 saturated heterocycles. The molecule has 0 bridgehead atoms. The van der Waals surface area contributed by atoms with E-state index < -0.39 is 31.6 Å². The summed E-state index contributed by atoms with van der Waals surface area (Å²) >= 11 is 0. The zero-order chi connectivity index (χ0) is 20.7. The maximum absolute atomic E-state index is 12.6. The fourth-order valence-corrected chi connectivity index (χ4v) is 3.31. The number of nitrogens with one attached hydrogen (secondary N) is 2. The molecule has 0 aliphatic rings. The van der Waals surface area contributed by atoms with E-state index in [1.54, 1.807) is 24.3 Å². The molecule has 0 saturated carbocycles. The predicted molar refractivity (Wildman–Crippen MR) is 103 cm³/mol. The third-order valence-electron chi connectivity index (χ3n) is 3.72. The molecule has 150 valence electrons. The monoisotopic (exact) mass is 407 g/mol. The van der Waals surface area contributed by atoms with Gasteiger partial charge in [0.1, 0.15) is 16.4 Å². The molecule has 0 radical (unpaired) electrons. The molecule has 9 nitrogen and oxygen atoms in total. The van der Waals surface area contributed by atoms with Gasteiger partial charge in [-0.1, -0.05) is 31.0 Å². The first-order valence-corrected chi connectivity index (χ1v) is 10.0. The molecule has 2 aromatic rings. The predicted octanol–water partition coefficient (Wildman–Crippen LogP) is 3.48.